The summed E-state index contributed by atoms with van der Waals surface area (Å²) in [7, 11) is 0. The Morgan fingerprint density at radius 3 is 2.80 bits per heavy atom. The molecule has 1 heterocycles. The highest BCUT2D eigenvalue weighted by Gasteiger charge is 2.48. The number of nitrogens with one attached hydrogen (secondary N) is 1. The van der Waals surface area contributed by atoms with Gasteiger partial charge in [-0.2, -0.15) is 0 Å². The van der Waals surface area contributed by atoms with Crippen LogP contribution in [0.1, 0.15) is 43.1 Å². The maximum absolute atomic E-state index is 4.29. The summed E-state index contributed by atoms with van der Waals surface area (Å²) in [6, 6.07) is 0. The summed E-state index contributed by atoms with van der Waals surface area (Å²) in [6.45, 7) is 8.77. The first-order valence-corrected chi connectivity index (χ1v) is 6.48. The van der Waals surface area contributed by atoms with Crippen LogP contribution in [-0.2, 0) is 6.42 Å². The Hall–Kier alpha value is -0.480. The Balaban J connectivity index is 1.88. The van der Waals surface area contributed by atoms with Crippen LogP contribution in [0.5, 0.6) is 0 Å². The van der Waals surface area contributed by atoms with Gasteiger partial charge in [-0.05, 0) is 18.4 Å². The predicted molar refractivity (Wildman–Crippen MR) is 63.3 cm³/mol. The van der Waals surface area contributed by atoms with E-state index >= 15 is 0 Å². The first-order chi connectivity index (χ1) is 7.13. The zero-order valence-electron chi connectivity index (χ0n) is 9.71. The summed E-state index contributed by atoms with van der Waals surface area (Å²) in [5, 5.41) is 14.3. The van der Waals surface area contributed by atoms with E-state index < -0.39 is 0 Å². The molecule has 0 aromatic carbocycles. The van der Waals surface area contributed by atoms with Crippen LogP contribution in [0, 0.1) is 5.41 Å². The molecule has 1 aliphatic rings. The number of aromatic nitrogens is 2. The Morgan fingerprint density at radius 2 is 2.20 bits per heavy atom. The van der Waals surface area contributed by atoms with E-state index in [1.165, 1.54) is 16.4 Å². The van der Waals surface area contributed by atoms with E-state index in [-0.39, 0.29) is 0 Å². The molecule has 3 nitrogen and oxygen atoms in total. The molecule has 2 rings (SSSR count). The summed E-state index contributed by atoms with van der Waals surface area (Å²) in [6.07, 6.45) is 2.29. The second kappa shape index (κ2) is 4.18. The van der Waals surface area contributed by atoms with Crippen LogP contribution in [0.4, 0.5) is 0 Å². The van der Waals surface area contributed by atoms with Gasteiger partial charge in [0.05, 0.1) is 0 Å². The van der Waals surface area contributed by atoms with Gasteiger partial charge in [0.1, 0.15) is 10.0 Å². The molecule has 1 aromatic heterocycles. The van der Waals surface area contributed by atoms with Crippen molar-refractivity contribution >= 4 is 11.3 Å². The number of rotatable bonds is 5. The van der Waals surface area contributed by atoms with Crippen molar-refractivity contribution in [3.05, 3.63) is 10.0 Å². The van der Waals surface area contributed by atoms with E-state index in [2.05, 4.69) is 36.3 Å². The lowest BCUT2D eigenvalue weighted by Gasteiger charge is -1.97. The number of hydrogen-bond acceptors (Lipinski definition) is 4. The molecule has 0 saturated heterocycles. The molecule has 1 aromatic rings. The van der Waals surface area contributed by atoms with Crippen molar-refractivity contribution in [1.82, 2.24) is 15.5 Å². The maximum Gasteiger partial charge on any atom is 0.121 e. The average Bonchev–Trinajstić information content (AvgIpc) is 2.64. The molecule has 0 aliphatic heterocycles. The van der Waals surface area contributed by atoms with Gasteiger partial charge in [-0.3, -0.25) is 0 Å². The largest absolute Gasteiger partial charge is 0.317 e. The van der Waals surface area contributed by atoms with Crippen LogP contribution in [0.25, 0.3) is 0 Å². The molecule has 84 valence electrons. The molecule has 0 bridgehead atoms. The fourth-order valence-corrected chi connectivity index (χ4v) is 2.92. The molecule has 1 unspecified atom stereocenters. The monoisotopic (exact) mass is 225 g/mol. The quantitative estimate of drug-likeness (QED) is 0.781. The Morgan fingerprint density at radius 1 is 1.47 bits per heavy atom. The van der Waals surface area contributed by atoms with Crippen LogP contribution < -0.4 is 5.32 Å². The Kier molecular flexibility index (Phi) is 3.07. The molecule has 4 heteroatoms. The normalized spacial score (nSPS) is 23.0. The lowest BCUT2D eigenvalue weighted by molar-refractivity contribution is 0.618. The third kappa shape index (κ3) is 2.55. The lowest BCUT2D eigenvalue weighted by Crippen LogP contribution is -2.15. The van der Waals surface area contributed by atoms with E-state index in [1.807, 2.05) is 0 Å². The summed E-state index contributed by atoms with van der Waals surface area (Å²) < 4.78 is 0. The van der Waals surface area contributed by atoms with Gasteiger partial charge in [-0.25, -0.2) is 0 Å². The van der Waals surface area contributed by atoms with E-state index in [0.29, 0.717) is 11.3 Å². The fourth-order valence-electron chi connectivity index (χ4n) is 1.77. The highest BCUT2D eigenvalue weighted by atomic mass is 32.1. The third-order valence-electron chi connectivity index (χ3n) is 3.06. The summed E-state index contributed by atoms with van der Waals surface area (Å²) in [5.41, 5.74) is 0.471. The standard InChI is InChI=1S/C11H19N3S/c1-4-12-6-5-9-13-14-10(15-9)8-7-11(8,2)3/h8,12H,4-7H2,1-3H3. The molecular weight excluding hydrogens is 206 g/mol. The van der Waals surface area contributed by atoms with Crippen molar-refractivity contribution in [3.63, 3.8) is 0 Å². The molecule has 0 radical (unpaired) electrons. The van der Waals surface area contributed by atoms with E-state index in [9.17, 15) is 0 Å². The van der Waals surface area contributed by atoms with E-state index in [0.717, 1.165) is 19.5 Å². The van der Waals surface area contributed by atoms with Crippen molar-refractivity contribution < 1.29 is 0 Å². The molecule has 15 heavy (non-hydrogen) atoms. The zero-order valence-corrected chi connectivity index (χ0v) is 10.5. The Bertz CT molecular complexity index is 332. The molecular formula is C11H19N3S. The molecule has 1 N–H and O–H groups in total. The zero-order chi connectivity index (χ0) is 10.9. The first kappa shape index (κ1) is 11.0. The first-order valence-electron chi connectivity index (χ1n) is 5.66. The van der Waals surface area contributed by atoms with Crippen LogP contribution >= 0.6 is 11.3 Å². The minimum atomic E-state index is 0.471. The minimum Gasteiger partial charge on any atom is -0.317 e. The van der Waals surface area contributed by atoms with Gasteiger partial charge in [0.2, 0.25) is 0 Å². The van der Waals surface area contributed by atoms with Crippen molar-refractivity contribution in [1.29, 1.82) is 0 Å². The van der Waals surface area contributed by atoms with Crippen molar-refractivity contribution in [2.45, 2.75) is 39.5 Å². The molecule has 0 spiro atoms. The Labute approximate surface area is 95.3 Å². The van der Waals surface area contributed by atoms with Crippen LogP contribution in [0.3, 0.4) is 0 Å². The third-order valence-corrected chi connectivity index (χ3v) is 4.16. The number of nitrogens with zero attached hydrogens (tertiary/aromatic N) is 2. The van der Waals surface area contributed by atoms with Crippen molar-refractivity contribution in [3.8, 4) is 0 Å². The maximum atomic E-state index is 4.29. The molecule has 1 atom stereocenters. The van der Waals surface area contributed by atoms with Crippen LogP contribution in [-0.4, -0.2) is 23.3 Å². The van der Waals surface area contributed by atoms with Gasteiger partial charge in [0, 0.05) is 18.9 Å². The highest BCUT2D eigenvalue weighted by molar-refractivity contribution is 7.11. The fraction of sp³-hybridized carbons (Fsp3) is 0.818. The minimum absolute atomic E-state index is 0.471. The van der Waals surface area contributed by atoms with Crippen LogP contribution in [0.15, 0.2) is 0 Å². The molecule has 1 saturated carbocycles. The van der Waals surface area contributed by atoms with Gasteiger partial charge < -0.3 is 5.32 Å². The molecule has 0 amide bonds. The number of hydrogen-bond donors (Lipinski definition) is 1. The van der Waals surface area contributed by atoms with Crippen molar-refractivity contribution in [2.24, 2.45) is 5.41 Å². The number of likely N-dealkylation sites (N-methyl/N-ethyl adjacent to an activating group) is 1. The topological polar surface area (TPSA) is 37.8 Å². The van der Waals surface area contributed by atoms with E-state index in [4.69, 9.17) is 0 Å². The van der Waals surface area contributed by atoms with Gasteiger partial charge in [-0.15, -0.1) is 21.5 Å². The molecule has 1 fully saturated rings. The van der Waals surface area contributed by atoms with Gasteiger partial charge in [0.25, 0.3) is 0 Å². The highest BCUT2D eigenvalue weighted by Crippen LogP contribution is 2.58. The SMILES string of the molecule is CCNCCc1nnc(C2CC2(C)C)s1. The molecule has 1 aliphatic carbocycles. The summed E-state index contributed by atoms with van der Waals surface area (Å²) in [4.78, 5) is 0. The van der Waals surface area contributed by atoms with Gasteiger partial charge in [-0.1, -0.05) is 20.8 Å². The smallest absolute Gasteiger partial charge is 0.121 e. The summed E-state index contributed by atoms with van der Waals surface area (Å²) >= 11 is 1.79. The average molecular weight is 225 g/mol. The van der Waals surface area contributed by atoms with Gasteiger partial charge >= 0.3 is 0 Å². The van der Waals surface area contributed by atoms with Crippen LogP contribution in [0.2, 0.25) is 0 Å². The second-order valence-electron chi connectivity index (χ2n) is 4.88. The predicted octanol–water partition coefficient (Wildman–Crippen LogP) is 2.20. The van der Waals surface area contributed by atoms with Crippen molar-refractivity contribution in [2.75, 3.05) is 13.1 Å². The van der Waals surface area contributed by atoms with E-state index in [1.54, 1.807) is 11.3 Å². The summed E-state index contributed by atoms with van der Waals surface area (Å²) in [5.74, 6) is 0.669. The second-order valence-corrected chi connectivity index (χ2v) is 5.98. The van der Waals surface area contributed by atoms with Gasteiger partial charge in [0.15, 0.2) is 0 Å². The lowest BCUT2D eigenvalue weighted by atomic mass is 10.1.